The average molecular weight is 861 g/mol. The summed E-state index contributed by atoms with van der Waals surface area (Å²) in [5.41, 5.74) is 15.3. The number of allylic oxidation sites excluding steroid dienone is 2. The van der Waals surface area contributed by atoms with E-state index in [0.717, 1.165) is 101 Å². The first-order chi connectivity index (χ1) is 31.9. The number of rotatable bonds is 0. The van der Waals surface area contributed by atoms with Gasteiger partial charge in [0.05, 0.1) is 17.1 Å². The van der Waals surface area contributed by atoms with Gasteiger partial charge in [-0.05, 0) is 159 Å². The smallest absolute Gasteiger partial charge is 0.159 e. The predicted octanol–water partition coefficient (Wildman–Crippen LogP) is 15.9. The molecule has 2 heterocycles. The van der Waals surface area contributed by atoms with Crippen molar-refractivity contribution in [2.75, 3.05) is 0 Å². The van der Waals surface area contributed by atoms with Crippen LogP contribution in [0, 0.1) is 13.8 Å². The molecule has 0 spiro atoms. The van der Waals surface area contributed by atoms with Crippen LogP contribution in [0.3, 0.4) is 0 Å². The molecule has 1 N–H and O–H groups in total. The zero-order valence-corrected chi connectivity index (χ0v) is 39.0. The van der Waals surface area contributed by atoms with Gasteiger partial charge in [-0.2, -0.15) is 0 Å². The standard InChI is InChI=1S/C61H68N2O2/c1-44-37-48-31-29-46-25-27-47(28-26-46)30-32-49-38-45(2)40-53(42-49)61-59-24-16-20-51(57(59)34-36-63-61)18-12-8-4-6-10-14-22-55(65)43-54(64)21-13-9-5-3-7-11-17-50-19-15-23-58-56(50)33-35-62-60(58)52(39-44)41-48/h15-16,19-20,23-28,33-43,64H,3-14,17-18,21-22,29-32H2,1-2H3. The fourth-order valence-electron chi connectivity index (χ4n) is 10.2. The van der Waals surface area contributed by atoms with Gasteiger partial charge < -0.3 is 5.11 Å². The van der Waals surface area contributed by atoms with Crippen molar-refractivity contribution in [3.8, 4) is 22.5 Å². The van der Waals surface area contributed by atoms with Crippen LogP contribution in [0.1, 0.15) is 134 Å². The Balaban J connectivity index is 0.972. The van der Waals surface area contributed by atoms with E-state index in [1.165, 1.54) is 109 Å². The molecule has 334 valence electrons. The largest absolute Gasteiger partial charge is 0.512 e. The summed E-state index contributed by atoms with van der Waals surface area (Å²) >= 11 is 0. The highest BCUT2D eigenvalue weighted by molar-refractivity contribution is 5.97. The fraction of sp³-hybridized carbons (Fsp3) is 0.361. The van der Waals surface area contributed by atoms with E-state index in [0.29, 0.717) is 12.8 Å². The van der Waals surface area contributed by atoms with Gasteiger partial charge in [-0.3, -0.25) is 14.8 Å². The summed E-state index contributed by atoms with van der Waals surface area (Å²) in [5, 5.41) is 15.5. The lowest BCUT2D eigenvalue weighted by Crippen LogP contribution is -1.97. The van der Waals surface area contributed by atoms with Gasteiger partial charge in [0.2, 0.25) is 0 Å². The maximum Gasteiger partial charge on any atom is 0.159 e. The summed E-state index contributed by atoms with van der Waals surface area (Å²) in [4.78, 5) is 22.5. The SMILES string of the molecule is Cc1cc2cc(c1)-c1nccc3c(cccc13)CCCCCCCCC(=O)C=C(O)CCCCCCCCc1cccc3c(nccc13)-c1cc(C)cc(c1)CCc1ccc(cc1)CC2. The molecule has 0 aliphatic heterocycles. The molecule has 4 nitrogen and oxygen atoms in total. The van der Waals surface area contributed by atoms with Crippen molar-refractivity contribution in [3.63, 3.8) is 0 Å². The minimum absolute atomic E-state index is 0.0596. The Labute approximate surface area is 388 Å². The Hall–Kier alpha value is -5.87. The summed E-state index contributed by atoms with van der Waals surface area (Å²) < 4.78 is 0. The number of benzene rings is 5. The lowest BCUT2D eigenvalue weighted by molar-refractivity contribution is -0.114. The Kier molecular flexibility index (Phi) is 16.1. The molecule has 2 aliphatic rings. The Bertz CT molecular complexity index is 2730. The first-order valence-electron chi connectivity index (χ1n) is 24.8. The summed E-state index contributed by atoms with van der Waals surface area (Å²) in [5.74, 6) is 0.307. The van der Waals surface area contributed by atoms with Crippen molar-refractivity contribution in [3.05, 3.63) is 178 Å². The van der Waals surface area contributed by atoms with Crippen LogP contribution in [0.4, 0.5) is 0 Å². The number of fused-ring (bicyclic) bond motifs is 21. The number of pyridine rings is 2. The van der Waals surface area contributed by atoms with Gasteiger partial charge in [-0.1, -0.05) is 135 Å². The van der Waals surface area contributed by atoms with E-state index in [4.69, 9.17) is 9.97 Å². The van der Waals surface area contributed by atoms with Gasteiger partial charge in [-0.15, -0.1) is 0 Å². The molecule has 0 saturated carbocycles. The van der Waals surface area contributed by atoms with Gasteiger partial charge in [0.25, 0.3) is 0 Å². The van der Waals surface area contributed by atoms with Gasteiger partial charge in [-0.25, -0.2) is 0 Å². The zero-order valence-electron chi connectivity index (χ0n) is 39.0. The summed E-state index contributed by atoms with van der Waals surface area (Å²) in [6.07, 6.45) is 25.9. The molecule has 0 atom stereocenters. The van der Waals surface area contributed by atoms with Crippen LogP contribution in [0.2, 0.25) is 0 Å². The monoisotopic (exact) mass is 861 g/mol. The lowest BCUT2D eigenvalue weighted by Gasteiger charge is -2.13. The molecule has 65 heavy (non-hydrogen) atoms. The van der Waals surface area contributed by atoms with Gasteiger partial charge in [0.1, 0.15) is 0 Å². The molecule has 0 saturated heterocycles. The van der Waals surface area contributed by atoms with Crippen LogP contribution in [-0.4, -0.2) is 20.9 Å². The van der Waals surface area contributed by atoms with Gasteiger partial charge in [0, 0.05) is 53.2 Å². The molecule has 14 bridgehead atoms. The van der Waals surface area contributed by atoms with Crippen LogP contribution >= 0.6 is 0 Å². The Morgan fingerprint density at radius 2 is 0.815 bits per heavy atom. The molecule has 0 unspecified atom stereocenters. The number of carbonyl (C=O) groups is 1. The highest BCUT2D eigenvalue weighted by Crippen LogP contribution is 2.33. The summed E-state index contributed by atoms with van der Waals surface area (Å²) in [6.45, 7) is 4.41. The van der Waals surface area contributed by atoms with E-state index in [-0.39, 0.29) is 11.5 Å². The van der Waals surface area contributed by atoms with Crippen molar-refractivity contribution >= 4 is 27.3 Å². The first-order valence-corrected chi connectivity index (χ1v) is 24.8. The number of aliphatic hydroxyl groups is 1. The van der Waals surface area contributed by atoms with E-state index in [1.807, 2.05) is 12.4 Å². The van der Waals surface area contributed by atoms with Crippen molar-refractivity contribution in [1.82, 2.24) is 9.97 Å². The second-order valence-corrected chi connectivity index (χ2v) is 18.9. The number of aromatic nitrogens is 2. The molecule has 5 aromatic carbocycles. The maximum absolute atomic E-state index is 12.6. The molecular formula is C61H68N2O2. The van der Waals surface area contributed by atoms with E-state index in [9.17, 15) is 9.90 Å². The highest BCUT2D eigenvalue weighted by Gasteiger charge is 2.13. The highest BCUT2D eigenvalue weighted by atomic mass is 16.3. The zero-order chi connectivity index (χ0) is 44.8. The topological polar surface area (TPSA) is 63.1 Å². The molecule has 0 fully saturated rings. The van der Waals surface area contributed by atoms with Crippen LogP contribution in [0.5, 0.6) is 0 Å². The van der Waals surface area contributed by atoms with Gasteiger partial charge >= 0.3 is 0 Å². The fourth-order valence-corrected chi connectivity index (χ4v) is 10.2. The Morgan fingerprint density at radius 3 is 1.29 bits per heavy atom. The van der Waals surface area contributed by atoms with E-state index >= 15 is 0 Å². The van der Waals surface area contributed by atoms with Crippen LogP contribution in [0.25, 0.3) is 44.1 Å². The number of carbonyl (C=O) groups excluding carboxylic acids is 1. The van der Waals surface area contributed by atoms with Crippen molar-refractivity contribution in [2.24, 2.45) is 0 Å². The van der Waals surface area contributed by atoms with Crippen LogP contribution in [-0.2, 0) is 43.3 Å². The molecule has 9 rings (SSSR count). The van der Waals surface area contributed by atoms with Crippen molar-refractivity contribution in [2.45, 2.75) is 142 Å². The minimum Gasteiger partial charge on any atom is -0.512 e. The summed E-state index contributed by atoms with van der Waals surface area (Å²) in [6, 6.07) is 41.1. The van der Waals surface area contributed by atoms with E-state index in [2.05, 4.69) is 123 Å². The number of aryl methyl sites for hydroxylation is 8. The second-order valence-electron chi connectivity index (χ2n) is 18.9. The van der Waals surface area contributed by atoms with Gasteiger partial charge in [0.15, 0.2) is 5.78 Å². The third kappa shape index (κ3) is 12.7. The number of ketones is 1. The number of hydrogen-bond acceptors (Lipinski definition) is 4. The molecule has 0 radical (unpaired) electrons. The number of aliphatic hydroxyl groups excluding tert-OH is 1. The van der Waals surface area contributed by atoms with E-state index < -0.39 is 0 Å². The minimum atomic E-state index is 0.0596. The van der Waals surface area contributed by atoms with E-state index in [1.54, 1.807) is 0 Å². The maximum atomic E-state index is 12.6. The molecule has 4 heteroatoms. The number of nitrogens with zero attached hydrogens (tertiary/aromatic N) is 2. The predicted molar refractivity (Wildman–Crippen MR) is 273 cm³/mol. The third-order valence-electron chi connectivity index (χ3n) is 13.6. The molecular weight excluding hydrogens is 793 g/mol. The number of hydrogen-bond donors (Lipinski definition) is 1. The molecule has 7 aromatic rings. The van der Waals surface area contributed by atoms with Crippen LogP contribution in [0.15, 0.2) is 133 Å². The first kappa shape index (κ1) is 45.7. The normalized spacial score (nSPS) is 16.0. The van der Waals surface area contributed by atoms with Crippen molar-refractivity contribution < 1.29 is 9.90 Å². The average Bonchev–Trinajstić information content (AvgIpc) is 3.31. The van der Waals surface area contributed by atoms with Crippen LogP contribution < -0.4 is 0 Å². The third-order valence-corrected chi connectivity index (χ3v) is 13.6. The Morgan fingerprint density at radius 1 is 0.400 bits per heavy atom. The lowest BCUT2D eigenvalue weighted by atomic mass is 9.94. The molecule has 0 amide bonds. The quantitative estimate of drug-likeness (QED) is 0.165. The molecule has 2 aromatic heterocycles. The summed E-state index contributed by atoms with van der Waals surface area (Å²) in [7, 11) is 0. The van der Waals surface area contributed by atoms with Crippen molar-refractivity contribution in [1.29, 1.82) is 0 Å². The molecule has 2 aliphatic carbocycles. The second kappa shape index (κ2) is 22.8.